The Morgan fingerprint density at radius 3 is 2.78 bits per heavy atom. The maximum Gasteiger partial charge on any atom is 0.253 e. The maximum absolute atomic E-state index is 14.1. The summed E-state index contributed by atoms with van der Waals surface area (Å²) in [5, 5.41) is 0.459. The van der Waals surface area contributed by atoms with Gasteiger partial charge in [0, 0.05) is 6.54 Å². The number of thiazole rings is 1. The van der Waals surface area contributed by atoms with Gasteiger partial charge in [-0.2, -0.15) is 4.31 Å². The zero-order chi connectivity index (χ0) is 25.4. The highest BCUT2D eigenvalue weighted by Crippen LogP contribution is 2.38. The van der Waals surface area contributed by atoms with Crippen molar-refractivity contribution in [2.45, 2.75) is 43.0 Å². The Labute approximate surface area is 222 Å². The Morgan fingerprint density at radius 1 is 1.25 bits per heavy atom. The molecule has 12 heteroatoms. The van der Waals surface area contributed by atoms with Gasteiger partial charge in [-0.25, -0.2) is 13.4 Å². The molecular formula is C24H24ClN3O5S3. The number of aryl methyl sites for hydroxylation is 1. The zero-order valence-electron chi connectivity index (χ0n) is 19.6. The lowest BCUT2D eigenvalue weighted by molar-refractivity contribution is -0.123. The largest absolute Gasteiger partial charge is 0.494 e. The number of amides is 1. The van der Waals surface area contributed by atoms with Crippen molar-refractivity contribution in [1.29, 1.82) is 0 Å². The average molecular weight is 566 g/mol. The zero-order valence-corrected chi connectivity index (χ0v) is 22.8. The lowest BCUT2D eigenvalue weighted by Gasteiger charge is -2.35. The fourth-order valence-corrected chi connectivity index (χ4v) is 8.67. The Kier molecular flexibility index (Phi) is 7.10. The van der Waals surface area contributed by atoms with Crippen molar-refractivity contribution in [2.24, 2.45) is 0 Å². The minimum atomic E-state index is -3.90. The third kappa shape index (κ3) is 4.66. The van der Waals surface area contributed by atoms with Gasteiger partial charge in [0.05, 0.1) is 29.0 Å². The van der Waals surface area contributed by atoms with Gasteiger partial charge in [0.15, 0.2) is 5.13 Å². The first-order valence-corrected chi connectivity index (χ1v) is 14.8. The first-order chi connectivity index (χ1) is 17.3. The number of anilines is 1. The van der Waals surface area contributed by atoms with E-state index in [1.807, 2.05) is 19.1 Å². The first-order valence-electron chi connectivity index (χ1n) is 11.3. The van der Waals surface area contributed by atoms with Crippen LogP contribution < -0.4 is 9.64 Å². The molecule has 1 amide bonds. The number of hydrogen-bond donors (Lipinski definition) is 0. The molecule has 1 saturated heterocycles. The molecule has 1 atom stereocenters. The third-order valence-electron chi connectivity index (χ3n) is 6.15. The smallest absolute Gasteiger partial charge is 0.253 e. The SMILES string of the molecule is COc1ccc(C)c2sc(N(Cc3ccco3)C(=O)C3CCCCN3S(=O)(=O)c3ccc(Cl)s3)nc12. The second-order valence-electron chi connectivity index (χ2n) is 8.45. The molecular weight excluding hydrogens is 542 g/mol. The third-order valence-corrected chi connectivity index (χ3v) is 11.0. The van der Waals surface area contributed by atoms with Crippen LogP contribution in [0.25, 0.3) is 10.2 Å². The molecule has 1 aromatic carbocycles. The number of fused-ring (bicyclic) bond motifs is 1. The molecule has 36 heavy (non-hydrogen) atoms. The van der Waals surface area contributed by atoms with Crippen LogP contribution in [0.1, 0.15) is 30.6 Å². The van der Waals surface area contributed by atoms with E-state index in [2.05, 4.69) is 0 Å². The number of hydrogen-bond acceptors (Lipinski definition) is 8. The number of nitrogens with zero attached hydrogens (tertiary/aromatic N) is 3. The standard InChI is InChI=1S/C24H24ClN3O5S3/c1-15-8-9-18(32-2)21-22(15)35-24(26-21)27(14-16-6-5-13-33-16)23(29)17-7-3-4-12-28(17)36(30,31)20-11-10-19(25)34-20/h5-6,8-11,13,17H,3-4,7,12,14H2,1-2H3. The van der Waals surface area contributed by atoms with Gasteiger partial charge >= 0.3 is 0 Å². The summed E-state index contributed by atoms with van der Waals surface area (Å²) in [6.07, 6.45) is 3.38. The van der Waals surface area contributed by atoms with Gasteiger partial charge in [-0.3, -0.25) is 9.69 Å². The highest BCUT2D eigenvalue weighted by molar-refractivity contribution is 7.91. The van der Waals surface area contributed by atoms with Gasteiger partial charge in [-0.1, -0.05) is 35.4 Å². The molecule has 4 aromatic rings. The lowest BCUT2D eigenvalue weighted by Crippen LogP contribution is -2.52. The first kappa shape index (κ1) is 25.2. The number of carbonyl (C=O) groups excluding carboxylic acids is 1. The number of aromatic nitrogens is 1. The maximum atomic E-state index is 14.1. The van der Waals surface area contributed by atoms with Gasteiger partial charge in [0.2, 0.25) is 5.91 Å². The molecule has 3 aromatic heterocycles. The van der Waals surface area contributed by atoms with Crippen LogP contribution in [0.2, 0.25) is 4.34 Å². The molecule has 1 unspecified atom stereocenters. The number of sulfonamides is 1. The second kappa shape index (κ2) is 10.1. The van der Waals surface area contributed by atoms with Gasteiger partial charge in [-0.15, -0.1) is 11.3 Å². The van der Waals surface area contributed by atoms with Crippen molar-refractivity contribution in [3.05, 3.63) is 58.3 Å². The molecule has 1 aliphatic heterocycles. The average Bonchev–Trinajstić information content (AvgIpc) is 3.64. The summed E-state index contributed by atoms with van der Waals surface area (Å²) in [6, 6.07) is 9.51. The van der Waals surface area contributed by atoms with Crippen molar-refractivity contribution in [3.8, 4) is 5.75 Å². The molecule has 190 valence electrons. The van der Waals surface area contributed by atoms with Gasteiger partial charge in [-0.05, 0) is 55.7 Å². The van der Waals surface area contributed by atoms with Crippen LogP contribution in [0.3, 0.4) is 0 Å². The molecule has 1 aliphatic rings. The van der Waals surface area contributed by atoms with Crippen molar-refractivity contribution < 1.29 is 22.4 Å². The number of piperidine rings is 1. The van der Waals surface area contributed by atoms with Crippen LogP contribution in [0.5, 0.6) is 5.75 Å². The summed E-state index contributed by atoms with van der Waals surface area (Å²) in [5.41, 5.74) is 1.67. The summed E-state index contributed by atoms with van der Waals surface area (Å²) in [4.78, 5) is 20.4. The number of methoxy groups -OCH3 is 1. The normalized spacial score (nSPS) is 16.9. The van der Waals surface area contributed by atoms with Gasteiger partial charge < -0.3 is 9.15 Å². The molecule has 8 nitrogen and oxygen atoms in total. The fraction of sp³-hybridized carbons (Fsp3) is 0.333. The van der Waals surface area contributed by atoms with Gasteiger partial charge in [0.25, 0.3) is 10.0 Å². The quantitative estimate of drug-likeness (QED) is 0.285. The van der Waals surface area contributed by atoms with Crippen molar-refractivity contribution in [3.63, 3.8) is 0 Å². The summed E-state index contributed by atoms with van der Waals surface area (Å²) in [7, 11) is -2.32. The number of halogens is 1. The van der Waals surface area contributed by atoms with E-state index in [0.29, 0.717) is 39.3 Å². The van der Waals surface area contributed by atoms with Crippen molar-refractivity contribution >= 4 is 65.6 Å². The fourth-order valence-electron chi connectivity index (χ4n) is 4.35. The van der Waals surface area contributed by atoms with Crippen molar-refractivity contribution in [2.75, 3.05) is 18.6 Å². The van der Waals surface area contributed by atoms with E-state index in [9.17, 15) is 13.2 Å². The number of thiophene rings is 1. The summed E-state index contributed by atoms with van der Waals surface area (Å²) >= 11 is 8.39. The van der Waals surface area contributed by atoms with Crippen LogP contribution in [0, 0.1) is 6.92 Å². The Morgan fingerprint density at radius 2 is 2.08 bits per heavy atom. The lowest BCUT2D eigenvalue weighted by atomic mass is 10.0. The number of benzene rings is 1. The van der Waals surface area contributed by atoms with E-state index in [-0.39, 0.29) is 23.2 Å². The summed E-state index contributed by atoms with van der Waals surface area (Å²) < 4.78 is 40.8. The summed E-state index contributed by atoms with van der Waals surface area (Å²) in [5.74, 6) is 0.842. The Hall–Kier alpha value is -2.44. The van der Waals surface area contributed by atoms with Gasteiger partial charge in [0.1, 0.15) is 27.3 Å². The highest BCUT2D eigenvalue weighted by Gasteiger charge is 2.41. The number of furan rings is 1. The van der Waals surface area contributed by atoms with E-state index in [0.717, 1.165) is 28.0 Å². The van der Waals surface area contributed by atoms with E-state index >= 15 is 0 Å². The minimum Gasteiger partial charge on any atom is -0.494 e. The van der Waals surface area contributed by atoms with E-state index < -0.39 is 16.1 Å². The monoisotopic (exact) mass is 565 g/mol. The molecule has 0 spiro atoms. The molecule has 5 rings (SSSR count). The minimum absolute atomic E-state index is 0.127. The predicted octanol–water partition coefficient (Wildman–Crippen LogP) is 5.70. The molecule has 0 N–H and O–H groups in total. The topological polar surface area (TPSA) is 93.0 Å². The van der Waals surface area contributed by atoms with Crippen LogP contribution >= 0.6 is 34.3 Å². The van der Waals surface area contributed by atoms with E-state index in [1.165, 1.54) is 26.6 Å². The van der Waals surface area contributed by atoms with E-state index in [4.69, 9.17) is 25.7 Å². The Bertz CT molecular complexity index is 1500. The summed E-state index contributed by atoms with van der Waals surface area (Å²) in [6.45, 7) is 2.36. The number of carbonyl (C=O) groups is 1. The highest BCUT2D eigenvalue weighted by atomic mass is 35.5. The number of rotatable bonds is 7. The molecule has 0 bridgehead atoms. The molecule has 4 heterocycles. The second-order valence-corrected chi connectivity index (χ2v) is 13.3. The van der Waals surface area contributed by atoms with E-state index in [1.54, 1.807) is 31.6 Å². The van der Waals surface area contributed by atoms with Crippen LogP contribution in [0.15, 0.2) is 51.3 Å². The molecule has 0 aliphatic carbocycles. The molecule has 0 saturated carbocycles. The van der Waals surface area contributed by atoms with Crippen molar-refractivity contribution in [1.82, 2.24) is 9.29 Å². The van der Waals surface area contributed by atoms with Crippen LogP contribution in [-0.4, -0.2) is 43.3 Å². The number of ether oxygens (including phenoxy) is 1. The Balaban J connectivity index is 1.57. The predicted molar refractivity (Wildman–Crippen MR) is 142 cm³/mol. The van der Waals surface area contributed by atoms with Crippen LogP contribution in [0.4, 0.5) is 5.13 Å². The molecule has 0 radical (unpaired) electrons. The molecule has 1 fully saturated rings. The van der Waals surface area contributed by atoms with Crippen LogP contribution in [-0.2, 0) is 21.4 Å².